The summed E-state index contributed by atoms with van der Waals surface area (Å²) < 4.78 is 27.0. The maximum atomic E-state index is 12.8. The predicted molar refractivity (Wildman–Crippen MR) is 83.4 cm³/mol. The number of rotatable bonds is 2. The quantitative estimate of drug-likeness (QED) is 0.852. The molecule has 0 radical (unpaired) electrons. The molecule has 1 aromatic heterocycles. The van der Waals surface area contributed by atoms with Gasteiger partial charge in [0.2, 0.25) is 5.91 Å². The molecule has 2 heterocycles. The Bertz CT molecular complexity index is 811. The van der Waals surface area contributed by atoms with Crippen LogP contribution in [0.3, 0.4) is 0 Å². The van der Waals surface area contributed by atoms with Gasteiger partial charge in [-0.25, -0.2) is 8.42 Å². The van der Waals surface area contributed by atoms with Gasteiger partial charge in [-0.2, -0.15) is 0 Å². The molecular formula is C14H14N2O3S2. The summed E-state index contributed by atoms with van der Waals surface area (Å²) >= 11 is 1.21. The minimum Gasteiger partial charge on any atom is -0.312 e. The Balaban J connectivity index is 2.15. The lowest BCUT2D eigenvalue weighted by molar-refractivity contribution is -0.117. The molecule has 110 valence electrons. The highest BCUT2D eigenvalue weighted by atomic mass is 32.2. The third-order valence-electron chi connectivity index (χ3n) is 3.42. The zero-order valence-electron chi connectivity index (χ0n) is 11.6. The molecule has 0 aliphatic carbocycles. The fourth-order valence-corrected chi connectivity index (χ4v) is 5.11. The van der Waals surface area contributed by atoms with Gasteiger partial charge < -0.3 is 4.90 Å². The maximum Gasteiger partial charge on any atom is 0.274 e. The molecule has 0 spiro atoms. The smallest absolute Gasteiger partial charge is 0.274 e. The van der Waals surface area contributed by atoms with E-state index in [4.69, 9.17) is 0 Å². The van der Waals surface area contributed by atoms with E-state index >= 15 is 0 Å². The summed E-state index contributed by atoms with van der Waals surface area (Å²) in [6.07, 6.45) is 0. The number of carbonyl (C=O) groups excluding carboxylic acids is 1. The van der Waals surface area contributed by atoms with Crippen LogP contribution in [0.1, 0.15) is 4.88 Å². The van der Waals surface area contributed by atoms with Crippen molar-refractivity contribution in [2.75, 3.05) is 22.8 Å². The van der Waals surface area contributed by atoms with Gasteiger partial charge in [-0.1, -0.05) is 12.1 Å². The van der Waals surface area contributed by atoms with Crippen molar-refractivity contribution in [1.82, 2.24) is 0 Å². The second kappa shape index (κ2) is 4.85. The van der Waals surface area contributed by atoms with Crippen molar-refractivity contribution in [1.29, 1.82) is 0 Å². The Kier molecular flexibility index (Phi) is 3.26. The number of hydrogen-bond acceptors (Lipinski definition) is 4. The first-order valence-electron chi connectivity index (χ1n) is 6.36. The fraction of sp³-hybridized carbons (Fsp3) is 0.214. The largest absolute Gasteiger partial charge is 0.312 e. The fourth-order valence-electron chi connectivity index (χ4n) is 2.28. The number of para-hydroxylation sites is 2. The van der Waals surface area contributed by atoms with Gasteiger partial charge in [0.15, 0.2) is 0 Å². The number of benzene rings is 1. The summed E-state index contributed by atoms with van der Waals surface area (Å²) in [6, 6.07) is 10.4. The summed E-state index contributed by atoms with van der Waals surface area (Å²) in [5, 5.41) is 0. The number of sulfonamides is 1. The number of fused-ring (bicyclic) bond motifs is 1. The molecule has 0 saturated carbocycles. The van der Waals surface area contributed by atoms with Crippen LogP contribution in [0.5, 0.6) is 0 Å². The lowest BCUT2D eigenvalue weighted by Crippen LogP contribution is -2.46. The molecule has 0 unspecified atom stereocenters. The van der Waals surface area contributed by atoms with E-state index in [2.05, 4.69) is 0 Å². The normalized spacial score (nSPS) is 15.2. The monoisotopic (exact) mass is 322 g/mol. The minimum absolute atomic E-state index is 0.174. The summed E-state index contributed by atoms with van der Waals surface area (Å²) in [7, 11) is -2.05. The van der Waals surface area contributed by atoms with Crippen LogP contribution in [-0.4, -0.2) is 27.9 Å². The van der Waals surface area contributed by atoms with Crippen LogP contribution < -0.4 is 9.21 Å². The van der Waals surface area contributed by atoms with Crippen molar-refractivity contribution in [3.05, 3.63) is 41.3 Å². The van der Waals surface area contributed by atoms with E-state index in [1.807, 2.05) is 6.92 Å². The summed E-state index contributed by atoms with van der Waals surface area (Å²) in [5.74, 6) is -0.245. The van der Waals surface area contributed by atoms with Gasteiger partial charge in [-0.15, -0.1) is 11.3 Å². The van der Waals surface area contributed by atoms with Gasteiger partial charge in [0.25, 0.3) is 10.0 Å². The molecule has 0 saturated heterocycles. The minimum atomic E-state index is -3.71. The van der Waals surface area contributed by atoms with E-state index in [0.29, 0.717) is 11.4 Å². The second-order valence-corrected chi connectivity index (χ2v) is 8.20. The number of thiophene rings is 1. The number of nitrogens with zero attached hydrogens (tertiary/aromatic N) is 2. The van der Waals surface area contributed by atoms with Crippen molar-refractivity contribution in [2.45, 2.75) is 11.1 Å². The van der Waals surface area contributed by atoms with Gasteiger partial charge in [-0.05, 0) is 31.2 Å². The van der Waals surface area contributed by atoms with E-state index in [-0.39, 0.29) is 16.7 Å². The lowest BCUT2D eigenvalue weighted by atomic mass is 10.2. The summed E-state index contributed by atoms with van der Waals surface area (Å²) in [4.78, 5) is 14.5. The molecule has 0 bridgehead atoms. The van der Waals surface area contributed by atoms with Crippen molar-refractivity contribution in [2.24, 2.45) is 0 Å². The van der Waals surface area contributed by atoms with Gasteiger partial charge >= 0.3 is 0 Å². The van der Waals surface area contributed by atoms with Crippen molar-refractivity contribution < 1.29 is 13.2 Å². The number of hydrogen-bond donors (Lipinski definition) is 0. The Morgan fingerprint density at radius 2 is 1.76 bits per heavy atom. The summed E-state index contributed by atoms with van der Waals surface area (Å²) in [5.41, 5.74) is 1.14. The van der Waals surface area contributed by atoms with Crippen LogP contribution in [0.25, 0.3) is 0 Å². The topological polar surface area (TPSA) is 57.7 Å². The molecule has 1 aromatic carbocycles. The third-order valence-corrected chi connectivity index (χ3v) is 6.65. The molecule has 0 fully saturated rings. The number of likely N-dealkylation sites (N-methyl/N-ethyl adjacent to an activating group) is 1. The zero-order valence-corrected chi connectivity index (χ0v) is 13.2. The third kappa shape index (κ3) is 2.22. The van der Waals surface area contributed by atoms with Gasteiger partial charge in [-0.3, -0.25) is 9.10 Å². The van der Waals surface area contributed by atoms with Crippen LogP contribution in [-0.2, 0) is 14.8 Å². The van der Waals surface area contributed by atoms with E-state index in [1.54, 1.807) is 43.4 Å². The van der Waals surface area contributed by atoms with Crippen LogP contribution in [0.2, 0.25) is 0 Å². The van der Waals surface area contributed by atoms with E-state index < -0.39 is 10.0 Å². The molecule has 7 heteroatoms. The predicted octanol–water partition coefficient (Wildman–Crippen LogP) is 2.23. The number of anilines is 2. The molecular weight excluding hydrogens is 308 g/mol. The first kappa shape index (κ1) is 14.1. The zero-order chi connectivity index (χ0) is 15.2. The molecule has 0 N–H and O–H groups in total. The first-order valence-corrected chi connectivity index (χ1v) is 8.61. The van der Waals surface area contributed by atoms with E-state index in [9.17, 15) is 13.2 Å². The second-order valence-electron chi connectivity index (χ2n) is 4.82. The van der Waals surface area contributed by atoms with Crippen LogP contribution in [0.15, 0.2) is 40.6 Å². The van der Waals surface area contributed by atoms with E-state index in [0.717, 1.165) is 4.88 Å². The van der Waals surface area contributed by atoms with Crippen molar-refractivity contribution in [3.63, 3.8) is 0 Å². The van der Waals surface area contributed by atoms with Crippen LogP contribution in [0.4, 0.5) is 11.4 Å². The van der Waals surface area contributed by atoms with Gasteiger partial charge in [0.05, 0.1) is 11.4 Å². The van der Waals surface area contributed by atoms with Crippen molar-refractivity contribution >= 4 is 38.6 Å². The first-order chi connectivity index (χ1) is 9.91. The highest BCUT2D eigenvalue weighted by Gasteiger charge is 2.35. The average Bonchev–Trinajstić information content (AvgIpc) is 2.90. The number of aryl methyl sites for hydroxylation is 1. The molecule has 5 nitrogen and oxygen atoms in total. The highest BCUT2D eigenvalue weighted by Crippen LogP contribution is 2.37. The molecule has 1 aliphatic heterocycles. The Morgan fingerprint density at radius 1 is 1.10 bits per heavy atom. The summed E-state index contributed by atoms with van der Waals surface area (Å²) in [6.45, 7) is 1.68. The lowest BCUT2D eigenvalue weighted by Gasteiger charge is -2.34. The molecule has 21 heavy (non-hydrogen) atoms. The molecule has 3 rings (SSSR count). The SMILES string of the molecule is Cc1ccc(S(=O)(=O)N2CC(=O)N(C)c3ccccc32)s1. The van der Waals surface area contributed by atoms with Crippen LogP contribution in [0, 0.1) is 6.92 Å². The van der Waals surface area contributed by atoms with Crippen LogP contribution >= 0.6 is 11.3 Å². The highest BCUT2D eigenvalue weighted by molar-refractivity contribution is 7.94. The average molecular weight is 322 g/mol. The van der Waals surface area contributed by atoms with E-state index in [1.165, 1.54) is 20.5 Å². The standard InChI is InChI=1S/C14H14N2O3S2/c1-10-7-8-14(20-10)21(18,19)16-9-13(17)15(2)11-5-3-4-6-12(11)16/h3-8H,9H2,1-2H3. The molecule has 1 amide bonds. The molecule has 0 atom stereocenters. The number of amides is 1. The van der Waals surface area contributed by atoms with Gasteiger partial charge in [0, 0.05) is 11.9 Å². The Morgan fingerprint density at radius 3 is 2.38 bits per heavy atom. The molecule has 1 aliphatic rings. The van der Waals surface area contributed by atoms with Crippen molar-refractivity contribution in [3.8, 4) is 0 Å². The Labute approximate surface area is 127 Å². The maximum absolute atomic E-state index is 12.8. The van der Waals surface area contributed by atoms with Gasteiger partial charge in [0.1, 0.15) is 10.8 Å². The number of carbonyl (C=O) groups is 1. The Hall–Kier alpha value is -1.86. The molecule has 2 aromatic rings.